The molecule has 0 saturated heterocycles. The molecule has 1 aliphatic rings. The number of aryl methyl sites for hydroxylation is 1. The van der Waals surface area contributed by atoms with E-state index in [0.717, 1.165) is 0 Å². The highest BCUT2D eigenvalue weighted by Crippen LogP contribution is 2.29. The lowest BCUT2D eigenvalue weighted by molar-refractivity contribution is -0.00208. The molecule has 0 fully saturated rings. The Morgan fingerprint density at radius 2 is 1.89 bits per heavy atom. The van der Waals surface area contributed by atoms with Gasteiger partial charge in [-0.3, -0.25) is 0 Å². The Balaban J connectivity index is 1.68. The predicted molar refractivity (Wildman–Crippen MR) is 102 cm³/mol. The van der Waals surface area contributed by atoms with E-state index in [9.17, 15) is 8.78 Å². The fourth-order valence-corrected chi connectivity index (χ4v) is 2.63. The van der Waals surface area contributed by atoms with Gasteiger partial charge in [-0.25, -0.2) is 18.8 Å². The SMILES string of the molecule is Cc1ccc(Oc2ccc(COC3N=C(Cl)N=CC3(C)C)cc2F)cc1F. The minimum Gasteiger partial charge on any atom is -0.454 e. The Bertz CT molecular complexity index is 913. The quantitative estimate of drug-likeness (QED) is 0.620. The summed E-state index contributed by atoms with van der Waals surface area (Å²) < 4.78 is 39.2. The molecule has 0 N–H and O–H groups in total. The second kappa shape index (κ2) is 7.74. The summed E-state index contributed by atoms with van der Waals surface area (Å²) in [6, 6.07) is 8.86. The number of benzene rings is 2. The highest BCUT2D eigenvalue weighted by Gasteiger charge is 2.31. The van der Waals surface area contributed by atoms with Crippen molar-refractivity contribution in [3.05, 3.63) is 59.2 Å². The van der Waals surface area contributed by atoms with Gasteiger partial charge >= 0.3 is 0 Å². The van der Waals surface area contributed by atoms with Gasteiger partial charge in [0.2, 0.25) is 5.29 Å². The van der Waals surface area contributed by atoms with Crippen LogP contribution in [0.15, 0.2) is 46.4 Å². The predicted octanol–water partition coefficient (Wildman–Crippen LogP) is 5.61. The monoisotopic (exact) mass is 392 g/mol. The number of hydrogen-bond acceptors (Lipinski definition) is 4. The topological polar surface area (TPSA) is 43.2 Å². The van der Waals surface area contributed by atoms with Gasteiger partial charge in [0.1, 0.15) is 11.6 Å². The number of hydrogen-bond donors (Lipinski definition) is 0. The molecule has 0 aliphatic carbocycles. The standard InChI is InChI=1S/C20H19ClF2N2O2/c1-12-4-6-14(9-15(12)22)27-17-7-5-13(8-16(17)23)10-26-18-20(2,3)11-24-19(21)25-18/h4-9,11,18H,10H2,1-3H3. The Kier molecular flexibility index (Phi) is 5.58. The van der Waals surface area contributed by atoms with Crippen molar-refractivity contribution in [2.75, 3.05) is 0 Å². The number of ether oxygens (including phenoxy) is 2. The van der Waals surface area contributed by atoms with Crippen LogP contribution in [0.1, 0.15) is 25.0 Å². The molecule has 7 heteroatoms. The smallest absolute Gasteiger partial charge is 0.219 e. The number of aliphatic imine (C=N–C) groups is 2. The van der Waals surface area contributed by atoms with Crippen LogP contribution < -0.4 is 4.74 Å². The number of nitrogens with zero attached hydrogens (tertiary/aromatic N) is 2. The zero-order valence-electron chi connectivity index (χ0n) is 15.2. The van der Waals surface area contributed by atoms with E-state index >= 15 is 0 Å². The van der Waals surface area contributed by atoms with E-state index in [1.807, 2.05) is 13.8 Å². The summed E-state index contributed by atoms with van der Waals surface area (Å²) in [6.07, 6.45) is 1.17. The van der Waals surface area contributed by atoms with E-state index in [0.29, 0.717) is 11.1 Å². The molecule has 3 rings (SSSR count). The fraction of sp³-hybridized carbons (Fsp3) is 0.300. The Morgan fingerprint density at radius 1 is 1.11 bits per heavy atom. The van der Waals surface area contributed by atoms with E-state index < -0.39 is 23.3 Å². The second-order valence-corrected chi connectivity index (χ2v) is 7.26. The van der Waals surface area contributed by atoms with Gasteiger partial charge in [0.15, 0.2) is 17.8 Å². The zero-order chi connectivity index (χ0) is 19.6. The molecule has 0 amide bonds. The first-order valence-electron chi connectivity index (χ1n) is 8.37. The fourth-order valence-electron chi connectivity index (χ4n) is 2.49. The molecule has 2 aromatic carbocycles. The normalized spacial score (nSPS) is 18.3. The molecule has 0 bridgehead atoms. The molecule has 27 heavy (non-hydrogen) atoms. The maximum Gasteiger partial charge on any atom is 0.219 e. The first-order chi connectivity index (χ1) is 12.7. The molecule has 4 nitrogen and oxygen atoms in total. The molecular weight excluding hydrogens is 374 g/mol. The van der Waals surface area contributed by atoms with Crippen LogP contribution in [-0.4, -0.2) is 17.7 Å². The van der Waals surface area contributed by atoms with Gasteiger partial charge in [0.05, 0.1) is 6.61 Å². The van der Waals surface area contributed by atoms with Gasteiger partial charge in [-0.05, 0) is 47.9 Å². The van der Waals surface area contributed by atoms with Crippen LogP contribution >= 0.6 is 11.6 Å². The number of rotatable bonds is 5. The van der Waals surface area contributed by atoms with Gasteiger partial charge < -0.3 is 9.47 Å². The molecule has 1 atom stereocenters. The lowest BCUT2D eigenvalue weighted by Crippen LogP contribution is -2.34. The van der Waals surface area contributed by atoms with Gasteiger partial charge in [-0.2, -0.15) is 0 Å². The van der Waals surface area contributed by atoms with Crippen molar-refractivity contribution in [1.29, 1.82) is 0 Å². The summed E-state index contributed by atoms with van der Waals surface area (Å²) in [6.45, 7) is 5.63. The molecule has 2 aromatic rings. The third-order valence-electron chi connectivity index (χ3n) is 4.14. The van der Waals surface area contributed by atoms with Crippen LogP contribution in [0.3, 0.4) is 0 Å². The van der Waals surface area contributed by atoms with E-state index in [-0.39, 0.29) is 23.4 Å². The van der Waals surface area contributed by atoms with Crippen LogP contribution in [0, 0.1) is 24.0 Å². The van der Waals surface area contributed by atoms with Crippen LogP contribution in [0.5, 0.6) is 11.5 Å². The van der Waals surface area contributed by atoms with Crippen LogP contribution in [-0.2, 0) is 11.3 Å². The average molecular weight is 393 g/mol. The lowest BCUT2D eigenvalue weighted by Gasteiger charge is -2.29. The van der Waals surface area contributed by atoms with E-state index in [1.54, 1.807) is 31.3 Å². The molecule has 0 spiro atoms. The first-order valence-corrected chi connectivity index (χ1v) is 8.75. The third kappa shape index (κ3) is 4.70. The molecule has 0 saturated carbocycles. The van der Waals surface area contributed by atoms with Crippen molar-refractivity contribution < 1.29 is 18.3 Å². The molecule has 1 heterocycles. The van der Waals surface area contributed by atoms with Gasteiger partial charge in [-0.1, -0.05) is 26.0 Å². The minimum absolute atomic E-state index is 0.00759. The second-order valence-electron chi connectivity index (χ2n) is 6.92. The van der Waals surface area contributed by atoms with E-state index in [2.05, 4.69) is 9.98 Å². The van der Waals surface area contributed by atoms with Crippen LogP contribution in [0.2, 0.25) is 0 Å². The van der Waals surface area contributed by atoms with E-state index in [4.69, 9.17) is 21.1 Å². The highest BCUT2D eigenvalue weighted by molar-refractivity contribution is 6.65. The van der Waals surface area contributed by atoms with Crippen molar-refractivity contribution in [1.82, 2.24) is 0 Å². The zero-order valence-corrected chi connectivity index (χ0v) is 15.9. The summed E-state index contributed by atoms with van der Waals surface area (Å²) in [7, 11) is 0. The lowest BCUT2D eigenvalue weighted by atomic mass is 9.92. The van der Waals surface area contributed by atoms with Crippen molar-refractivity contribution in [3.63, 3.8) is 0 Å². The first kappa shape index (κ1) is 19.5. The largest absolute Gasteiger partial charge is 0.454 e. The molecular formula is C20H19ClF2N2O2. The molecule has 142 valence electrons. The number of amidine groups is 1. The number of halogens is 3. The third-order valence-corrected chi connectivity index (χ3v) is 4.33. The Hall–Kier alpha value is -2.31. The summed E-state index contributed by atoms with van der Waals surface area (Å²) in [5.41, 5.74) is 0.684. The highest BCUT2D eigenvalue weighted by atomic mass is 35.5. The van der Waals surface area contributed by atoms with E-state index in [1.165, 1.54) is 18.2 Å². The summed E-state index contributed by atoms with van der Waals surface area (Å²) in [5.74, 6) is -0.736. The Labute approximate surface area is 161 Å². The van der Waals surface area contributed by atoms with Crippen LogP contribution in [0.4, 0.5) is 8.78 Å². The molecule has 0 radical (unpaired) electrons. The van der Waals surface area contributed by atoms with Crippen molar-refractivity contribution >= 4 is 23.1 Å². The maximum atomic E-state index is 14.4. The molecule has 1 aliphatic heterocycles. The van der Waals surface area contributed by atoms with Crippen molar-refractivity contribution in [3.8, 4) is 11.5 Å². The van der Waals surface area contributed by atoms with Gasteiger partial charge in [-0.15, -0.1) is 0 Å². The summed E-state index contributed by atoms with van der Waals surface area (Å²) in [4.78, 5) is 8.14. The van der Waals surface area contributed by atoms with Gasteiger partial charge in [0.25, 0.3) is 0 Å². The van der Waals surface area contributed by atoms with Crippen LogP contribution in [0.25, 0.3) is 0 Å². The van der Waals surface area contributed by atoms with Gasteiger partial charge in [0, 0.05) is 17.7 Å². The van der Waals surface area contributed by atoms with Crippen molar-refractivity contribution in [2.45, 2.75) is 33.6 Å². The summed E-state index contributed by atoms with van der Waals surface area (Å²) >= 11 is 5.83. The van der Waals surface area contributed by atoms with Crippen molar-refractivity contribution in [2.24, 2.45) is 15.4 Å². The average Bonchev–Trinajstić information content (AvgIpc) is 2.61. The molecule has 1 unspecified atom stereocenters. The minimum atomic E-state index is -0.567. The summed E-state index contributed by atoms with van der Waals surface area (Å²) in [5, 5.41) is 0.125. The molecule has 0 aromatic heterocycles. The Morgan fingerprint density at radius 3 is 2.59 bits per heavy atom. The maximum absolute atomic E-state index is 14.4.